The summed E-state index contributed by atoms with van der Waals surface area (Å²) >= 11 is 0. The van der Waals surface area contributed by atoms with Gasteiger partial charge in [-0.25, -0.2) is 8.42 Å². The maximum absolute atomic E-state index is 11.5. The molecule has 0 saturated carbocycles. The van der Waals surface area contributed by atoms with E-state index in [1.807, 2.05) is 22.7 Å². The van der Waals surface area contributed by atoms with Gasteiger partial charge in [-0.15, -0.1) is 10.2 Å². The third-order valence-corrected chi connectivity index (χ3v) is 5.36. The molecular formula is C12H16N4O2S. The van der Waals surface area contributed by atoms with Crippen molar-refractivity contribution < 1.29 is 8.42 Å². The number of hydrogen-bond donors (Lipinski definition) is 1. The predicted molar refractivity (Wildman–Crippen MR) is 71.5 cm³/mol. The molecular weight excluding hydrogens is 264 g/mol. The molecule has 102 valence electrons. The van der Waals surface area contributed by atoms with Crippen LogP contribution in [0.5, 0.6) is 0 Å². The van der Waals surface area contributed by atoms with Gasteiger partial charge in [0.25, 0.3) is 0 Å². The summed E-state index contributed by atoms with van der Waals surface area (Å²) < 4.78 is 24.9. The average Bonchev–Trinajstić information content (AvgIpc) is 2.81. The van der Waals surface area contributed by atoms with E-state index in [1.165, 1.54) is 0 Å². The zero-order chi connectivity index (χ0) is 13.5. The molecule has 1 fully saturated rings. The number of fused-ring (bicyclic) bond motifs is 1. The highest BCUT2D eigenvalue weighted by molar-refractivity contribution is 7.91. The first-order valence-electron chi connectivity index (χ1n) is 6.33. The molecule has 0 bridgehead atoms. The molecule has 1 aliphatic rings. The van der Waals surface area contributed by atoms with Crippen LogP contribution in [0.4, 0.5) is 0 Å². The molecule has 0 unspecified atom stereocenters. The second-order valence-electron chi connectivity index (χ2n) is 4.95. The molecule has 3 heterocycles. The maximum Gasteiger partial charge on any atom is 0.160 e. The standard InChI is InChI=1S/C12H16N4O2S/c13-7-9-1-2-11-14-15-12(16(11)8-9)10-3-5-19(17,18)6-4-10/h1-2,8,10H,3-7,13H2. The predicted octanol–water partition coefficient (Wildman–Crippen LogP) is 0.480. The van der Waals surface area contributed by atoms with Crippen molar-refractivity contribution in [1.82, 2.24) is 14.6 Å². The Morgan fingerprint density at radius 2 is 2.00 bits per heavy atom. The summed E-state index contributed by atoms with van der Waals surface area (Å²) in [5.74, 6) is 1.48. The highest BCUT2D eigenvalue weighted by atomic mass is 32.2. The number of rotatable bonds is 2. The Bertz CT molecular complexity index is 694. The molecule has 19 heavy (non-hydrogen) atoms. The second kappa shape index (κ2) is 4.57. The monoisotopic (exact) mass is 280 g/mol. The molecule has 2 N–H and O–H groups in total. The number of nitrogens with two attached hydrogens (primary N) is 1. The highest BCUT2D eigenvalue weighted by Crippen LogP contribution is 2.28. The van der Waals surface area contributed by atoms with Gasteiger partial charge in [0, 0.05) is 18.7 Å². The van der Waals surface area contributed by atoms with E-state index in [4.69, 9.17) is 5.73 Å². The SMILES string of the molecule is NCc1ccc2nnc(C3CCS(=O)(=O)CC3)n2c1. The first-order chi connectivity index (χ1) is 9.09. The molecule has 1 aliphatic heterocycles. The minimum absolute atomic E-state index is 0.159. The van der Waals surface area contributed by atoms with Crippen molar-refractivity contribution >= 4 is 15.5 Å². The Labute approximate surface area is 111 Å². The minimum Gasteiger partial charge on any atom is -0.326 e. The molecule has 6 nitrogen and oxygen atoms in total. The molecule has 0 amide bonds. The fourth-order valence-electron chi connectivity index (χ4n) is 2.50. The lowest BCUT2D eigenvalue weighted by Crippen LogP contribution is -2.23. The number of aromatic nitrogens is 3. The van der Waals surface area contributed by atoms with Gasteiger partial charge in [0.05, 0.1) is 11.5 Å². The van der Waals surface area contributed by atoms with Crippen LogP contribution in [0.3, 0.4) is 0 Å². The molecule has 3 rings (SSSR count). The number of hydrogen-bond acceptors (Lipinski definition) is 5. The Balaban J connectivity index is 1.97. The smallest absolute Gasteiger partial charge is 0.160 e. The van der Waals surface area contributed by atoms with E-state index >= 15 is 0 Å². The van der Waals surface area contributed by atoms with E-state index in [1.54, 1.807) is 0 Å². The second-order valence-corrected chi connectivity index (χ2v) is 7.26. The number of pyridine rings is 1. The Morgan fingerprint density at radius 3 is 2.68 bits per heavy atom. The van der Waals surface area contributed by atoms with Crippen molar-refractivity contribution in [2.24, 2.45) is 5.73 Å². The summed E-state index contributed by atoms with van der Waals surface area (Å²) in [4.78, 5) is 0. The Morgan fingerprint density at radius 1 is 1.26 bits per heavy atom. The van der Waals surface area contributed by atoms with Gasteiger partial charge in [0.1, 0.15) is 15.7 Å². The number of sulfone groups is 1. The largest absolute Gasteiger partial charge is 0.326 e. The van der Waals surface area contributed by atoms with E-state index in [2.05, 4.69) is 10.2 Å². The fourth-order valence-corrected chi connectivity index (χ4v) is 3.99. The summed E-state index contributed by atoms with van der Waals surface area (Å²) in [6.45, 7) is 0.465. The molecule has 2 aromatic rings. The highest BCUT2D eigenvalue weighted by Gasteiger charge is 2.27. The maximum atomic E-state index is 11.5. The van der Waals surface area contributed by atoms with Crippen LogP contribution in [-0.2, 0) is 16.4 Å². The first-order valence-corrected chi connectivity index (χ1v) is 8.15. The van der Waals surface area contributed by atoms with E-state index in [9.17, 15) is 8.42 Å². The van der Waals surface area contributed by atoms with Gasteiger partial charge >= 0.3 is 0 Å². The molecule has 0 aromatic carbocycles. The van der Waals surface area contributed by atoms with E-state index in [-0.39, 0.29) is 17.4 Å². The van der Waals surface area contributed by atoms with E-state index < -0.39 is 9.84 Å². The van der Waals surface area contributed by atoms with E-state index in [0.717, 1.165) is 17.0 Å². The summed E-state index contributed by atoms with van der Waals surface area (Å²) in [5.41, 5.74) is 7.43. The normalized spacial score (nSPS) is 19.8. The summed E-state index contributed by atoms with van der Waals surface area (Å²) in [5, 5.41) is 8.35. The van der Waals surface area contributed by atoms with Gasteiger partial charge in [-0.3, -0.25) is 4.40 Å². The molecule has 0 radical (unpaired) electrons. The van der Waals surface area contributed by atoms with Gasteiger partial charge in [-0.2, -0.15) is 0 Å². The van der Waals surface area contributed by atoms with Crippen LogP contribution in [0.25, 0.3) is 5.65 Å². The molecule has 1 saturated heterocycles. The third kappa shape index (κ3) is 2.35. The Kier molecular flexibility index (Phi) is 3.02. The molecule has 0 spiro atoms. The lowest BCUT2D eigenvalue weighted by atomic mass is 10.0. The van der Waals surface area contributed by atoms with Crippen LogP contribution in [0, 0.1) is 0 Å². The van der Waals surface area contributed by atoms with Crippen LogP contribution >= 0.6 is 0 Å². The quantitative estimate of drug-likeness (QED) is 0.864. The molecule has 0 aliphatic carbocycles. The lowest BCUT2D eigenvalue weighted by Gasteiger charge is -2.20. The molecule has 0 atom stereocenters. The van der Waals surface area contributed by atoms with Crippen LogP contribution in [0.15, 0.2) is 18.3 Å². The van der Waals surface area contributed by atoms with Crippen molar-refractivity contribution in [1.29, 1.82) is 0 Å². The van der Waals surface area contributed by atoms with Crippen LogP contribution in [0.2, 0.25) is 0 Å². The van der Waals surface area contributed by atoms with Gasteiger partial charge < -0.3 is 5.73 Å². The van der Waals surface area contributed by atoms with Crippen molar-refractivity contribution in [3.63, 3.8) is 0 Å². The average molecular weight is 280 g/mol. The zero-order valence-corrected chi connectivity index (χ0v) is 11.3. The summed E-state index contributed by atoms with van der Waals surface area (Å²) in [6, 6.07) is 3.82. The van der Waals surface area contributed by atoms with Crippen molar-refractivity contribution in [3.05, 3.63) is 29.7 Å². The van der Waals surface area contributed by atoms with Crippen LogP contribution in [-0.4, -0.2) is 34.5 Å². The molecule has 2 aromatic heterocycles. The van der Waals surface area contributed by atoms with Crippen LogP contribution in [0.1, 0.15) is 30.1 Å². The first kappa shape index (κ1) is 12.6. The summed E-state index contributed by atoms with van der Waals surface area (Å²) in [7, 11) is -2.85. The van der Waals surface area contributed by atoms with Gasteiger partial charge in [0.2, 0.25) is 0 Å². The van der Waals surface area contributed by atoms with E-state index in [0.29, 0.717) is 19.4 Å². The molecule has 7 heteroatoms. The van der Waals surface area contributed by atoms with Gasteiger partial charge in [0.15, 0.2) is 5.65 Å². The third-order valence-electron chi connectivity index (χ3n) is 3.65. The van der Waals surface area contributed by atoms with Gasteiger partial charge in [-0.05, 0) is 24.5 Å². The van der Waals surface area contributed by atoms with Crippen LogP contribution < -0.4 is 5.73 Å². The minimum atomic E-state index is -2.85. The van der Waals surface area contributed by atoms with Crippen molar-refractivity contribution in [2.45, 2.75) is 25.3 Å². The lowest BCUT2D eigenvalue weighted by molar-refractivity contribution is 0.534. The topological polar surface area (TPSA) is 90.3 Å². The van der Waals surface area contributed by atoms with Crippen molar-refractivity contribution in [2.75, 3.05) is 11.5 Å². The number of nitrogens with zero attached hydrogens (tertiary/aromatic N) is 3. The fraction of sp³-hybridized carbons (Fsp3) is 0.500. The Hall–Kier alpha value is -1.47. The zero-order valence-electron chi connectivity index (χ0n) is 10.5. The van der Waals surface area contributed by atoms with Gasteiger partial charge in [-0.1, -0.05) is 6.07 Å². The summed E-state index contributed by atoms with van der Waals surface area (Å²) in [6.07, 6.45) is 3.18. The van der Waals surface area contributed by atoms with Crippen molar-refractivity contribution in [3.8, 4) is 0 Å².